The van der Waals surface area contributed by atoms with Crippen LogP contribution < -0.4 is 5.32 Å². The second-order valence-electron chi connectivity index (χ2n) is 6.04. The van der Waals surface area contributed by atoms with Gasteiger partial charge in [-0.1, -0.05) is 28.6 Å². The maximum absolute atomic E-state index is 13.1. The highest BCUT2D eigenvalue weighted by atomic mass is 32.2. The molecule has 1 fully saturated rings. The van der Waals surface area contributed by atoms with Crippen LogP contribution in [-0.4, -0.2) is 48.6 Å². The minimum Gasteiger partial charge on any atom is -0.396 e. The van der Waals surface area contributed by atoms with Crippen LogP contribution in [0.25, 0.3) is 0 Å². The molecule has 1 aromatic heterocycles. The van der Waals surface area contributed by atoms with E-state index < -0.39 is 20.9 Å². The Balaban J connectivity index is 1.82. The number of hydrogen-bond donors (Lipinski definition) is 2. The zero-order valence-corrected chi connectivity index (χ0v) is 16.3. The van der Waals surface area contributed by atoms with Crippen LogP contribution in [0.4, 0.5) is 9.52 Å². The number of oxime groups is 1. The van der Waals surface area contributed by atoms with Crippen molar-refractivity contribution in [1.82, 2.24) is 4.98 Å². The van der Waals surface area contributed by atoms with Gasteiger partial charge in [-0.25, -0.2) is 13.4 Å². The van der Waals surface area contributed by atoms with Crippen molar-refractivity contribution >= 4 is 37.9 Å². The van der Waals surface area contributed by atoms with Gasteiger partial charge in [0.2, 0.25) is 0 Å². The van der Waals surface area contributed by atoms with E-state index in [0.717, 1.165) is 6.20 Å². The molecule has 0 atom stereocenters. The van der Waals surface area contributed by atoms with E-state index in [2.05, 4.69) is 15.5 Å². The van der Waals surface area contributed by atoms with Crippen molar-refractivity contribution in [2.45, 2.75) is 29.4 Å². The number of aliphatic hydroxyl groups is 1. The van der Waals surface area contributed by atoms with Gasteiger partial charge in [-0.05, 0) is 25.0 Å². The number of rotatable bonds is 9. The Labute approximate surface area is 165 Å². The lowest BCUT2D eigenvalue weighted by Gasteiger charge is -2.08. The first kappa shape index (κ1) is 20.4. The number of carbonyl (C=O) groups is 1. The molecule has 1 aliphatic rings. The van der Waals surface area contributed by atoms with E-state index >= 15 is 0 Å². The zero-order chi connectivity index (χ0) is 20.1. The van der Waals surface area contributed by atoms with Crippen molar-refractivity contribution < 1.29 is 27.5 Å². The van der Waals surface area contributed by atoms with Crippen molar-refractivity contribution in [1.29, 1.82) is 0 Å². The third kappa shape index (κ3) is 4.91. The second-order valence-corrected chi connectivity index (χ2v) is 9.25. The van der Waals surface area contributed by atoms with Gasteiger partial charge in [-0.3, -0.25) is 10.1 Å². The molecule has 1 heterocycles. The zero-order valence-electron chi connectivity index (χ0n) is 14.7. The van der Waals surface area contributed by atoms with Crippen LogP contribution in [0.5, 0.6) is 0 Å². The molecule has 0 aliphatic heterocycles. The molecule has 1 aliphatic carbocycles. The topological polar surface area (TPSA) is 118 Å². The number of aliphatic hydroxyl groups excluding tert-OH is 1. The fraction of sp³-hybridized carbons (Fsp3) is 0.353. The second kappa shape index (κ2) is 8.76. The smallest absolute Gasteiger partial charge is 0.280 e. The van der Waals surface area contributed by atoms with Crippen molar-refractivity contribution in [3.8, 4) is 0 Å². The summed E-state index contributed by atoms with van der Waals surface area (Å²) in [6.07, 6.45) is 2.62. The van der Waals surface area contributed by atoms with Crippen molar-refractivity contribution in [3.63, 3.8) is 0 Å². The molecule has 0 radical (unpaired) electrons. The van der Waals surface area contributed by atoms with Crippen LogP contribution in [-0.2, 0) is 19.5 Å². The highest BCUT2D eigenvalue weighted by molar-refractivity contribution is 7.92. The predicted octanol–water partition coefficient (Wildman–Crippen LogP) is 1.96. The molecule has 0 spiro atoms. The summed E-state index contributed by atoms with van der Waals surface area (Å²) in [7, 11) is -3.35. The lowest BCUT2D eigenvalue weighted by molar-refractivity contribution is -0.110. The van der Waals surface area contributed by atoms with E-state index in [1.807, 2.05) is 0 Å². The molecule has 1 saturated carbocycles. The fourth-order valence-corrected chi connectivity index (χ4v) is 4.50. The van der Waals surface area contributed by atoms with Crippen molar-refractivity contribution in [2.24, 2.45) is 5.16 Å². The number of nitrogens with zero attached hydrogens (tertiary/aromatic N) is 2. The van der Waals surface area contributed by atoms with E-state index in [-0.39, 0.29) is 34.2 Å². The first-order chi connectivity index (χ1) is 13.4. The van der Waals surface area contributed by atoms with Crippen molar-refractivity contribution in [3.05, 3.63) is 41.2 Å². The Kier molecular flexibility index (Phi) is 6.37. The number of carbonyl (C=O) groups excluding carboxylic acids is 1. The highest BCUT2D eigenvalue weighted by Crippen LogP contribution is 2.33. The van der Waals surface area contributed by atoms with Crippen LogP contribution in [0.15, 0.2) is 40.5 Å². The molecule has 0 bridgehead atoms. The highest BCUT2D eigenvalue weighted by Gasteiger charge is 2.36. The van der Waals surface area contributed by atoms with E-state index in [0.29, 0.717) is 36.2 Å². The first-order valence-corrected chi connectivity index (χ1v) is 10.9. The minimum absolute atomic E-state index is 0.0542. The summed E-state index contributed by atoms with van der Waals surface area (Å²) in [5.41, 5.74) is 0.206. The van der Waals surface area contributed by atoms with Gasteiger partial charge in [-0.15, -0.1) is 0 Å². The lowest BCUT2D eigenvalue weighted by atomic mass is 10.1. The quantitative estimate of drug-likeness (QED) is 0.359. The monoisotopic (exact) mass is 427 g/mol. The van der Waals surface area contributed by atoms with Crippen LogP contribution in [0.2, 0.25) is 0 Å². The number of hydrogen-bond acceptors (Lipinski definition) is 8. The Hall–Kier alpha value is -2.37. The predicted molar refractivity (Wildman–Crippen MR) is 102 cm³/mol. The number of halogens is 1. The minimum atomic E-state index is -3.35. The standard InChI is InChI=1S/C17H18FN3O5S2/c18-14-10-19-17(27-14)20-16(23)15(21-26-9-1-8-22)11-2-4-12(5-3-11)28(24,25)13-6-7-13/h2-5,10,13,22H,1,6-9H2,(H,19,20,23)/b21-15+. The molecule has 2 N–H and O–H groups in total. The summed E-state index contributed by atoms with van der Waals surface area (Å²) < 4.78 is 37.7. The molecule has 0 saturated heterocycles. The molecule has 8 nitrogen and oxygen atoms in total. The van der Waals surface area contributed by atoms with Gasteiger partial charge < -0.3 is 9.94 Å². The third-order valence-electron chi connectivity index (χ3n) is 3.88. The Morgan fingerprint density at radius 1 is 1.36 bits per heavy atom. The lowest BCUT2D eigenvalue weighted by Crippen LogP contribution is -2.24. The average Bonchev–Trinajstić information content (AvgIpc) is 3.46. The number of anilines is 1. The van der Waals surface area contributed by atoms with Crippen LogP contribution >= 0.6 is 11.3 Å². The third-order valence-corrected chi connectivity index (χ3v) is 6.86. The van der Waals surface area contributed by atoms with Crippen LogP contribution in [0.3, 0.4) is 0 Å². The number of aromatic nitrogens is 1. The molecule has 0 unspecified atom stereocenters. The van der Waals surface area contributed by atoms with E-state index in [4.69, 9.17) is 9.94 Å². The summed E-state index contributed by atoms with van der Waals surface area (Å²) in [4.78, 5) is 21.5. The first-order valence-electron chi connectivity index (χ1n) is 8.49. The number of amides is 1. The van der Waals surface area contributed by atoms with Gasteiger partial charge in [0.1, 0.15) is 6.61 Å². The maximum Gasteiger partial charge on any atom is 0.280 e. The molecule has 1 amide bonds. The number of benzene rings is 1. The molecule has 3 rings (SSSR count). The average molecular weight is 427 g/mol. The molecule has 1 aromatic carbocycles. The van der Waals surface area contributed by atoms with Gasteiger partial charge >= 0.3 is 0 Å². The van der Waals surface area contributed by atoms with Gasteiger partial charge in [0.25, 0.3) is 5.91 Å². The number of thiazole rings is 1. The Morgan fingerprint density at radius 2 is 2.07 bits per heavy atom. The summed E-state index contributed by atoms with van der Waals surface area (Å²) >= 11 is 0.659. The number of nitrogens with one attached hydrogen (secondary N) is 1. The number of sulfone groups is 1. The van der Waals surface area contributed by atoms with Gasteiger partial charge in [-0.2, -0.15) is 4.39 Å². The summed E-state index contributed by atoms with van der Waals surface area (Å²) in [6.45, 7) is -0.00350. The van der Waals surface area contributed by atoms with Gasteiger partial charge in [0, 0.05) is 18.6 Å². The van der Waals surface area contributed by atoms with E-state index in [9.17, 15) is 17.6 Å². The Bertz CT molecular complexity index is 969. The maximum atomic E-state index is 13.1. The van der Waals surface area contributed by atoms with E-state index in [1.165, 1.54) is 24.3 Å². The fourth-order valence-electron chi connectivity index (χ4n) is 2.31. The van der Waals surface area contributed by atoms with Gasteiger partial charge in [0.05, 0.1) is 16.3 Å². The van der Waals surface area contributed by atoms with Crippen LogP contribution in [0.1, 0.15) is 24.8 Å². The molecular weight excluding hydrogens is 409 g/mol. The Morgan fingerprint density at radius 3 is 2.64 bits per heavy atom. The van der Waals surface area contributed by atoms with E-state index in [1.54, 1.807) is 0 Å². The SMILES string of the molecule is O=C(Nc1ncc(F)s1)/C(=N/OCCCO)c1ccc(S(=O)(=O)C2CC2)cc1. The van der Waals surface area contributed by atoms with Crippen molar-refractivity contribution in [2.75, 3.05) is 18.5 Å². The largest absolute Gasteiger partial charge is 0.396 e. The van der Waals surface area contributed by atoms with Crippen LogP contribution in [0, 0.1) is 5.13 Å². The molecular formula is C17H18FN3O5S2. The molecule has 150 valence electrons. The molecule has 2 aromatic rings. The normalized spacial score (nSPS) is 14.7. The van der Waals surface area contributed by atoms with Gasteiger partial charge in [0.15, 0.2) is 25.8 Å². The molecule has 28 heavy (non-hydrogen) atoms. The molecule has 11 heteroatoms. The summed E-state index contributed by atoms with van der Waals surface area (Å²) in [5, 5.41) is 14.2. The summed E-state index contributed by atoms with van der Waals surface area (Å²) in [6, 6.07) is 5.77. The summed E-state index contributed by atoms with van der Waals surface area (Å²) in [5.74, 6) is -0.684.